The Kier molecular flexibility index (Phi) is 5.84. The van der Waals surface area contributed by atoms with E-state index in [-0.39, 0.29) is 36.2 Å². The highest BCUT2D eigenvalue weighted by Crippen LogP contribution is 2.45. The molecule has 7 nitrogen and oxygen atoms in total. The zero-order valence-corrected chi connectivity index (χ0v) is 16.0. The van der Waals surface area contributed by atoms with Gasteiger partial charge in [0, 0.05) is 12.6 Å². The van der Waals surface area contributed by atoms with Gasteiger partial charge in [-0.1, -0.05) is 12.1 Å². The van der Waals surface area contributed by atoms with Gasteiger partial charge in [-0.15, -0.1) is 0 Å². The van der Waals surface area contributed by atoms with Crippen LogP contribution in [0.15, 0.2) is 36.4 Å². The predicted octanol–water partition coefficient (Wildman–Crippen LogP) is 2.12. The highest BCUT2D eigenvalue weighted by atomic mass is 16.5. The van der Waals surface area contributed by atoms with Crippen LogP contribution in [0.1, 0.15) is 44.7 Å². The van der Waals surface area contributed by atoms with Gasteiger partial charge in [0.25, 0.3) is 5.91 Å². The summed E-state index contributed by atoms with van der Waals surface area (Å²) in [6.07, 6.45) is -0.594. The van der Waals surface area contributed by atoms with Gasteiger partial charge in [-0.05, 0) is 36.8 Å². The minimum absolute atomic E-state index is 0.223. The SMILES string of the molecule is CCOC(=O)c1cc(C(=O)NC)c2c(c1)C(c1cccc(OC)c1)C(CO)O2. The number of carbonyl (C=O) groups is 2. The van der Waals surface area contributed by atoms with Crippen LogP contribution in [0.5, 0.6) is 11.5 Å². The Morgan fingerprint density at radius 3 is 2.68 bits per heavy atom. The van der Waals surface area contributed by atoms with Crippen molar-refractivity contribution in [2.24, 2.45) is 0 Å². The van der Waals surface area contributed by atoms with E-state index in [4.69, 9.17) is 14.2 Å². The summed E-state index contributed by atoms with van der Waals surface area (Å²) in [4.78, 5) is 24.8. The number of ether oxygens (including phenoxy) is 3. The fourth-order valence-corrected chi connectivity index (χ4v) is 3.44. The fourth-order valence-electron chi connectivity index (χ4n) is 3.44. The minimum Gasteiger partial charge on any atom is -0.497 e. The molecule has 1 heterocycles. The Labute approximate surface area is 163 Å². The maximum Gasteiger partial charge on any atom is 0.338 e. The van der Waals surface area contributed by atoms with E-state index in [0.29, 0.717) is 17.1 Å². The molecule has 1 aliphatic rings. The van der Waals surface area contributed by atoms with Crippen molar-refractivity contribution in [2.45, 2.75) is 18.9 Å². The number of carbonyl (C=O) groups excluding carboxylic acids is 2. The van der Waals surface area contributed by atoms with E-state index in [1.54, 1.807) is 20.1 Å². The second kappa shape index (κ2) is 8.31. The molecule has 2 aromatic rings. The standard InChI is InChI=1S/C21H23NO6/c1-4-27-21(25)13-9-15-18(12-6-5-7-14(8-12)26-3)17(11-23)28-19(15)16(10-13)20(24)22-2/h5-10,17-18,23H,4,11H2,1-3H3,(H,22,24). The van der Waals surface area contributed by atoms with Gasteiger partial charge < -0.3 is 24.6 Å². The first-order valence-electron chi connectivity index (χ1n) is 9.02. The Hall–Kier alpha value is -3.06. The Morgan fingerprint density at radius 2 is 2.04 bits per heavy atom. The largest absolute Gasteiger partial charge is 0.497 e. The van der Waals surface area contributed by atoms with Gasteiger partial charge in [-0.3, -0.25) is 4.79 Å². The number of hydrogen-bond acceptors (Lipinski definition) is 6. The van der Waals surface area contributed by atoms with Crippen LogP contribution in [0.3, 0.4) is 0 Å². The van der Waals surface area contributed by atoms with Crippen LogP contribution in [-0.2, 0) is 4.74 Å². The normalized spacial score (nSPS) is 17.4. The molecule has 1 amide bonds. The molecule has 28 heavy (non-hydrogen) atoms. The number of fused-ring (bicyclic) bond motifs is 1. The lowest BCUT2D eigenvalue weighted by molar-refractivity contribution is 0.0526. The number of benzene rings is 2. The van der Waals surface area contributed by atoms with Crippen molar-refractivity contribution in [3.63, 3.8) is 0 Å². The number of nitrogens with one attached hydrogen (secondary N) is 1. The van der Waals surface area contributed by atoms with E-state index in [9.17, 15) is 14.7 Å². The smallest absolute Gasteiger partial charge is 0.338 e. The van der Waals surface area contributed by atoms with E-state index in [0.717, 1.165) is 5.56 Å². The van der Waals surface area contributed by atoms with E-state index in [1.807, 2.05) is 24.3 Å². The Bertz CT molecular complexity index is 894. The maximum atomic E-state index is 12.4. The van der Waals surface area contributed by atoms with E-state index in [1.165, 1.54) is 13.1 Å². The zero-order valence-electron chi connectivity index (χ0n) is 16.0. The molecule has 0 saturated carbocycles. The zero-order chi connectivity index (χ0) is 20.3. The number of aliphatic hydroxyl groups excluding tert-OH is 1. The molecule has 0 saturated heterocycles. The molecular formula is C21H23NO6. The molecule has 1 aliphatic heterocycles. The van der Waals surface area contributed by atoms with Crippen LogP contribution in [0.4, 0.5) is 0 Å². The average molecular weight is 385 g/mol. The lowest BCUT2D eigenvalue weighted by Crippen LogP contribution is -2.24. The van der Waals surface area contributed by atoms with Gasteiger partial charge in [0.2, 0.25) is 0 Å². The van der Waals surface area contributed by atoms with Gasteiger partial charge in [-0.2, -0.15) is 0 Å². The first kappa shape index (κ1) is 19.7. The van der Waals surface area contributed by atoms with Crippen molar-refractivity contribution in [1.82, 2.24) is 5.32 Å². The molecular weight excluding hydrogens is 362 g/mol. The lowest BCUT2D eigenvalue weighted by Gasteiger charge is -2.18. The van der Waals surface area contributed by atoms with Crippen LogP contribution in [0.2, 0.25) is 0 Å². The molecule has 0 bridgehead atoms. The lowest BCUT2D eigenvalue weighted by atomic mass is 9.86. The van der Waals surface area contributed by atoms with Crippen LogP contribution in [0, 0.1) is 0 Å². The van der Waals surface area contributed by atoms with E-state index >= 15 is 0 Å². The van der Waals surface area contributed by atoms with Crippen molar-refractivity contribution < 1.29 is 28.9 Å². The fraction of sp³-hybridized carbons (Fsp3) is 0.333. The molecule has 0 fully saturated rings. The summed E-state index contributed by atoms with van der Waals surface area (Å²) in [7, 11) is 3.08. The molecule has 148 valence electrons. The molecule has 2 unspecified atom stereocenters. The van der Waals surface area contributed by atoms with E-state index < -0.39 is 12.1 Å². The number of esters is 1. The number of aliphatic hydroxyl groups is 1. The van der Waals surface area contributed by atoms with E-state index in [2.05, 4.69) is 5.32 Å². The highest BCUT2D eigenvalue weighted by molar-refractivity contribution is 6.01. The van der Waals surface area contributed by atoms with Crippen LogP contribution in [-0.4, -0.2) is 50.5 Å². The molecule has 3 rings (SSSR count). The number of methoxy groups -OCH3 is 1. The predicted molar refractivity (Wildman–Crippen MR) is 102 cm³/mol. The maximum absolute atomic E-state index is 12.4. The molecule has 0 aliphatic carbocycles. The van der Waals surface area contributed by atoms with Gasteiger partial charge in [0.15, 0.2) is 0 Å². The third-order valence-electron chi connectivity index (χ3n) is 4.71. The Morgan fingerprint density at radius 1 is 1.25 bits per heavy atom. The molecule has 0 aromatic heterocycles. The molecule has 0 radical (unpaired) electrons. The van der Waals surface area contributed by atoms with Crippen molar-refractivity contribution in [3.8, 4) is 11.5 Å². The number of rotatable bonds is 6. The summed E-state index contributed by atoms with van der Waals surface area (Å²) >= 11 is 0. The van der Waals surface area contributed by atoms with Crippen molar-refractivity contribution in [1.29, 1.82) is 0 Å². The van der Waals surface area contributed by atoms with Gasteiger partial charge in [0.05, 0.1) is 37.4 Å². The van der Waals surface area contributed by atoms with Crippen LogP contribution in [0.25, 0.3) is 0 Å². The van der Waals surface area contributed by atoms with Crippen molar-refractivity contribution >= 4 is 11.9 Å². The van der Waals surface area contributed by atoms with Crippen molar-refractivity contribution in [3.05, 3.63) is 58.7 Å². The summed E-state index contributed by atoms with van der Waals surface area (Å²) < 4.78 is 16.4. The second-order valence-electron chi connectivity index (χ2n) is 6.33. The van der Waals surface area contributed by atoms with Crippen molar-refractivity contribution in [2.75, 3.05) is 27.4 Å². The second-order valence-corrected chi connectivity index (χ2v) is 6.33. The summed E-state index contributed by atoms with van der Waals surface area (Å²) in [5.41, 5.74) is 1.98. The molecule has 2 aromatic carbocycles. The summed E-state index contributed by atoms with van der Waals surface area (Å²) in [5.74, 6) is -0.250. The topological polar surface area (TPSA) is 94.1 Å². The number of amides is 1. The quantitative estimate of drug-likeness (QED) is 0.740. The van der Waals surface area contributed by atoms with Crippen LogP contribution < -0.4 is 14.8 Å². The first-order chi connectivity index (χ1) is 13.5. The van der Waals surface area contributed by atoms with Crippen LogP contribution >= 0.6 is 0 Å². The highest BCUT2D eigenvalue weighted by Gasteiger charge is 2.39. The Balaban J connectivity index is 2.19. The summed E-state index contributed by atoms with van der Waals surface area (Å²) in [5, 5.41) is 12.5. The average Bonchev–Trinajstić information content (AvgIpc) is 3.11. The van der Waals surface area contributed by atoms with Gasteiger partial charge >= 0.3 is 5.97 Å². The number of hydrogen-bond donors (Lipinski definition) is 2. The van der Waals surface area contributed by atoms with Gasteiger partial charge in [0.1, 0.15) is 17.6 Å². The first-order valence-corrected chi connectivity index (χ1v) is 9.02. The third-order valence-corrected chi connectivity index (χ3v) is 4.71. The molecule has 2 atom stereocenters. The molecule has 0 spiro atoms. The summed E-state index contributed by atoms with van der Waals surface area (Å²) in [6, 6.07) is 10.5. The molecule has 7 heteroatoms. The minimum atomic E-state index is -0.594. The third kappa shape index (κ3) is 3.53. The monoisotopic (exact) mass is 385 g/mol. The molecule has 2 N–H and O–H groups in total. The van der Waals surface area contributed by atoms with Gasteiger partial charge in [-0.25, -0.2) is 4.79 Å². The summed E-state index contributed by atoms with van der Waals surface area (Å²) in [6.45, 7) is 1.69.